The predicted octanol–water partition coefficient (Wildman–Crippen LogP) is 2.73. The van der Waals surface area contributed by atoms with Gasteiger partial charge in [-0.1, -0.05) is 23.4 Å². The van der Waals surface area contributed by atoms with Crippen LogP contribution in [0.4, 0.5) is 5.82 Å². The Labute approximate surface area is 198 Å². The van der Waals surface area contributed by atoms with Gasteiger partial charge in [-0.3, -0.25) is 4.68 Å². The van der Waals surface area contributed by atoms with Gasteiger partial charge in [-0.2, -0.15) is 0 Å². The predicted molar refractivity (Wildman–Crippen MR) is 127 cm³/mol. The molecule has 0 spiro atoms. The summed E-state index contributed by atoms with van der Waals surface area (Å²) in [6.45, 7) is 0.580. The van der Waals surface area contributed by atoms with E-state index in [4.69, 9.17) is 11.5 Å². The van der Waals surface area contributed by atoms with Gasteiger partial charge in [0.05, 0.1) is 18.2 Å². The van der Waals surface area contributed by atoms with Crippen molar-refractivity contribution in [3.05, 3.63) is 65.2 Å². The second-order valence-electron chi connectivity index (χ2n) is 8.30. The number of carbonyl (C=O) groups excluding carboxylic acids is 1. The third-order valence-electron chi connectivity index (χ3n) is 5.71. The van der Waals surface area contributed by atoms with Gasteiger partial charge in [-0.05, 0) is 56.4 Å². The molecule has 1 aliphatic carbocycles. The third kappa shape index (κ3) is 4.98. The minimum absolute atomic E-state index is 0.166. The number of benzene rings is 1. The van der Waals surface area contributed by atoms with Crippen molar-refractivity contribution in [3.63, 3.8) is 0 Å². The molecule has 2 heterocycles. The molecule has 0 amide bonds. The number of carbonyl (C=O) groups is 1. The van der Waals surface area contributed by atoms with Crippen molar-refractivity contribution >= 4 is 27.9 Å². The summed E-state index contributed by atoms with van der Waals surface area (Å²) in [7, 11) is -2.51. The van der Waals surface area contributed by atoms with E-state index in [0.717, 1.165) is 25.7 Å². The molecule has 0 atom stereocenters. The Bertz CT molecular complexity index is 1310. The molecule has 180 valence electrons. The maximum absolute atomic E-state index is 13.3. The van der Waals surface area contributed by atoms with Gasteiger partial charge in [-0.15, -0.1) is 5.10 Å². The maximum atomic E-state index is 13.3. The Morgan fingerprint density at radius 1 is 1.24 bits per heavy atom. The fourth-order valence-electron chi connectivity index (χ4n) is 3.77. The molecular formula is C23H28N6O4S. The number of methoxy groups -OCH3 is 1. The second kappa shape index (κ2) is 9.72. The fourth-order valence-corrected chi connectivity index (χ4v) is 5.33. The highest BCUT2D eigenvalue weighted by Crippen LogP contribution is 2.44. The zero-order chi connectivity index (χ0) is 24.3. The van der Waals surface area contributed by atoms with Crippen LogP contribution in [0.5, 0.6) is 0 Å². The molecule has 4 rings (SSSR count). The van der Waals surface area contributed by atoms with Crippen LogP contribution < -0.4 is 11.5 Å². The average Bonchev–Trinajstić information content (AvgIpc) is 3.48. The summed E-state index contributed by atoms with van der Waals surface area (Å²) in [6.07, 6.45) is 7.31. The Kier molecular flexibility index (Phi) is 6.73. The summed E-state index contributed by atoms with van der Waals surface area (Å²) in [6, 6.07) is 10.1. The number of nitrogens with zero attached hydrogens (tertiary/aromatic N) is 4. The van der Waals surface area contributed by atoms with Crippen molar-refractivity contribution in [2.24, 2.45) is 5.73 Å². The number of nitrogen functional groups attached to an aromatic ring is 1. The molecule has 0 unspecified atom stereocenters. The minimum atomic E-state index is -3.80. The van der Waals surface area contributed by atoms with E-state index in [1.165, 1.54) is 11.1 Å². The van der Waals surface area contributed by atoms with E-state index in [2.05, 4.69) is 15.0 Å². The van der Waals surface area contributed by atoms with E-state index in [-0.39, 0.29) is 22.3 Å². The molecule has 0 aliphatic heterocycles. The second-order valence-corrected chi connectivity index (χ2v) is 10.1. The summed E-state index contributed by atoms with van der Waals surface area (Å²) >= 11 is 0. The van der Waals surface area contributed by atoms with E-state index in [1.807, 2.05) is 6.07 Å². The van der Waals surface area contributed by atoms with E-state index in [0.29, 0.717) is 29.9 Å². The first-order chi connectivity index (χ1) is 16.3. The molecule has 2 aromatic heterocycles. The average molecular weight is 485 g/mol. The van der Waals surface area contributed by atoms with Crippen LogP contribution in [0.2, 0.25) is 0 Å². The lowest BCUT2D eigenvalue weighted by Crippen LogP contribution is -2.17. The molecule has 34 heavy (non-hydrogen) atoms. The van der Waals surface area contributed by atoms with Gasteiger partial charge in [0.1, 0.15) is 5.82 Å². The Balaban J connectivity index is 1.45. The molecule has 3 aromatic rings. The number of anilines is 1. The number of aryl methyl sites for hydroxylation is 1. The zero-order valence-electron chi connectivity index (χ0n) is 18.9. The van der Waals surface area contributed by atoms with Gasteiger partial charge in [0.25, 0.3) is 10.0 Å². The van der Waals surface area contributed by atoms with Gasteiger partial charge in [-0.25, -0.2) is 17.2 Å². The van der Waals surface area contributed by atoms with Gasteiger partial charge in [0, 0.05) is 29.4 Å². The number of esters is 1. The summed E-state index contributed by atoms with van der Waals surface area (Å²) in [5, 5.41) is 7.68. The first-order valence-electron chi connectivity index (χ1n) is 11.1. The molecule has 1 saturated carbocycles. The molecule has 0 radical (unpaired) electrons. The highest BCUT2D eigenvalue weighted by atomic mass is 32.2. The number of hydrogen-bond acceptors (Lipinski definition) is 8. The number of rotatable bonds is 10. The maximum Gasteiger partial charge on any atom is 0.360 e. The zero-order valence-corrected chi connectivity index (χ0v) is 19.7. The van der Waals surface area contributed by atoms with Crippen LogP contribution in [-0.2, 0) is 21.3 Å². The minimum Gasteiger partial charge on any atom is -0.464 e. The van der Waals surface area contributed by atoms with Crippen LogP contribution in [0.25, 0.3) is 6.08 Å². The quantitative estimate of drug-likeness (QED) is 0.330. The van der Waals surface area contributed by atoms with Gasteiger partial charge in [0.15, 0.2) is 5.69 Å². The van der Waals surface area contributed by atoms with Crippen molar-refractivity contribution < 1.29 is 17.9 Å². The van der Waals surface area contributed by atoms with Crippen molar-refractivity contribution in [1.82, 2.24) is 19.0 Å². The summed E-state index contributed by atoms with van der Waals surface area (Å²) < 4.78 is 34.1. The Morgan fingerprint density at radius 2 is 1.97 bits per heavy atom. The monoisotopic (exact) mass is 484 g/mol. The highest BCUT2D eigenvalue weighted by molar-refractivity contribution is 7.90. The number of unbranched alkanes of at least 4 members (excludes halogenated alkanes) is 1. The lowest BCUT2D eigenvalue weighted by atomic mass is 10.1. The number of ether oxygens (including phenoxy) is 1. The van der Waals surface area contributed by atoms with Gasteiger partial charge < -0.3 is 16.2 Å². The van der Waals surface area contributed by atoms with Crippen molar-refractivity contribution in [2.45, 2.75) is 49.5 Å². The van der Waals surface area contributed by atoms with Crippen LogP contribution in [-0.4, -0.2) is 40.5 Å². The normalized spacial score (nSPS) is 14.3. The van der Waals surface area contributed by atoms with E-state index < -0.39 is 16.0 Å². The van der Waals surface area contributed by atoms with Crippen molar-refractivity contribution in [1.29, 1.82) is 0 Å². The van der Waals surface area contributed by atoms with Crippen LogP contribution in [0, 0.1) is 0 Å². The van der Waals surface area contributed by atoms with Crippen molar-refractivity contribution in [2.75, 3.05) is 12.8 Å². The molecule has 4 N–H and O–H groups in total. The number of nitrogens with two attached hydrogens (primary N) is 2. The first-order valence-corrected chi connectivity index (χ1v) is 12.5. The Hall–Kier alpha value is -3.60. The fraction of sp³-hybridized carbons (Fsp3) is 0.348. The Morgan fingerprint density at radius 3 is 2.65 bits per heavy atom. The van der Waals surface area contributed by atoms with Crippen LogP contribution in [0.1, 0.15) is 59.8 Å². The number of allylic oxidation sites excluding steroid dienone is 1. The molecule has 1 aliphatic rings. The number of hydrogen-bond donors (Lipinski definition) is 2. The van der Waals surface area contributed by atoms with Crippen molar-refractivity contribution in [3.8, 4) is 0 Å². The van der Waals surface area contributed by atoms with Crippen LogP contribution >= 0.6 is 0 Å². The summed E-state index contributed by atoms with van der Waals surface area (Å²) in [5.74, 6) is -0.170. The molecule has 0 bridgehead atoms. The summed E-state index contributed by atoms with van der Waals surface area (Å²) in [4.78, 5) is 11.6. The van der Waals surface area contributed by atoms with E-state index in [1.54, 1.807) is 47.3 Å². The lowest BCUT2D eigenvalue weighted by Gasteiger charge is -2.12. The standard InChI is InChI=1S/C23H28N6O4S/c1-33-23(30)20-15-28(27-26-20)12-6-5-7-18(24)13-17-14-21(16-10-11-16)29(22(17)25)34(31,32)19-8-3-2-4-9-19/h2-4,8-9,13-16H,5-7,10-12,24-25H2,1H3/b18-13-. The van der Waals surface area contributed by atoms with E-state index in [9.17, 15) is 13.2 Å². The number of aromatic nitrogens is 4. The topological polar surface area (TPSA) is 148 Å². The van der Waals surface area contributed by atoms with Crippen LogP contribution in [0.15, 0.2) is 53.2 Å². The van der Waals surface area contributed by atoms with E-state index >= 15 is 0 Å². The largest absolute Gasteiger partial charge is 0.464 e. The molecule has 11 heteroatoms. The summed E-state index contributed by atoms with van der Waals surface area (Å²) in [5.41, 5.74) is 14.7. The SMILES string of the molecule is COC(=O)c1cn(CCCC/C(N)=C/c2cc(C3CC3)n(S(=O)(=O)c3ccccc3)c2N)nn1. The van der Waals surface area contributed by atoms with Gasteiger partial charge in [0.2, 0.25) is 0 Å². The third-order valence-corrected chi connectivity index (χ3v) is 7.46. The van der Waals surface area contributed by atoms with Crippen LogP contribution in [0.3, 0.4) is 0 Å². The molecular weight excluding hydrogens is 456 g/mol. The molecule has 1 fully saturated rings. The lowest BCUT2D eigenvalue weighted by molar-refractivity contribution is 0.0594. The molecule has 0 saturated heterocycles. The first kappa shape index (κ1) is 23.6. The van der Waals surface area contributed by atoms with Gasteiger partial charge >= 0.3 is 5.97 Å². The highest BCUT2D eigenvalue weighted by Gasteiger charge is 2.33. The smallest absolute Gasteiger partial charge is 0.360 e. The molecule has 1 aromatic carbocycles. The molecule has 10 nitrogen and oxygen atoms in total.